The van der Waals surface area contributed by atoms with Gasteiger partial charge < -0.3 is 9.64 Å². The molecule has 1 saturated heterocycles. The summed E-state index contributed by atoms with van der Waals surface area (Å²) in [5.41, 5.74) is -0.0525. The summed E-state index contributed by atoms with van der Waals surface area (Å²) in [5, 5.41) is 0.147. The molecule has 92 valence electrons. The minimum Gasteiger partial charge on any atom is -0.375 e. The lowest BCUT2D eigenvalue weighted by molar-refractivity contribution is -0.0125. The molecular weight excluding hydrogens is 245 g/mol. The number of hydrogen-bond donors (Lipinski definition) is 0. The summed E-state index contributed by atoms with van der Waals surface area (Å²) in [6.45, 7) is 3.28. The minimum atomic E-state index is -0.582. The first kappa shape index (κ1) is 12.3. The van der Waals surface area contributed by atoms with Crippen molar-refractivity contribution in [3.8, 4) is 0 Å². The maximum atomic E-state index is 13.6. The van der Waals surface area contributed by atoms with Crippen molar-refractivity contribution < 1.29 is 13.9 Å². The van der Waals surface area contributed by atoms with Gasteiger partial charge in [-0.3, -0.25) is 4.79 Å². The van der Waals surface area contributed by atoms with Gasteiger partial charge in [-0.2, -0.15) is 0 Å². The predicted molar refractivity (Wildman–Crippen MR) is 62.7 cm³/mol. The molecule has 0 aliphatic carbocycles. The zero-order chi connectivity index (χ0) is 12.4. The number of benzene rings is 1. The Balaban J connectivity index is 2.24. The molecule has 1 aromatic rings. The van der Waals surface area contributed by atoms with Crippen LogP contribution in [0.25, 0.3) is 0 Å². The molecule has 1 amide bonds. The number of halogens is 2. The summed E-state index contributed by atoms with van der Waals surface area (Å²) in [7, 11) is 0. The molecule has 0 aromatic heterocycles. The van der Waals surface area contributed by atoms with Crippen LogP contribution < -0.4 is 0 Å². The van der Waals surface area contributed by atoms with E-state index in [1.54, 1.807) is 4.90 Å². The van der Waals surface area contributed by atoms with Crippen molar-refractivity contribution >= 4 is 17.5 Å². The topological polar surface area (TPSA) is 29.5 Å². The fourth-order valence-electron chi connectivity index (χ4n) is 1.86. The van der Waals surface area contributed by atoms with Gasteiger partial charge in [-0.25, -0.2) is 4.39 Å². The Bertz CT molecular complexity index is 418. The van der Waals surface area contributed by atoms with Crippen LogP contribution in [-0.4, -0.2) is 36.6 Å². The number of amides is 1. The van der Waals surface area contributed by atoms with Crippen LogP contribution in [0.1, 0.15) is 17.3 Å². The highest BCUT2D eigenvalue weighted by atomic mass is 35.5. The lowest BCUT2D eigenvalue weighted by Gasteiger charge is -2.31. The number of nitrogens with zero attached hydrogens (tertiary/aromatic N) is 1. The van der Waals surface area contributed by atoms with Crippen molar-refractivity contribution in [3.05, 3.63) is 34.6 Å². The van der Waals surface area contributed by atoms with Gasteiger partial charge in [-0.15, -0.1) is 0 Å². The first-order valence-electron chi connectivity index (χ1n) is 5.44. The van der Waals surface area contributed by atoms with Gasteiger partial charge in [0.1, 0.15) is 5.82 Å². The maximum Gasteiger partial charge on any atom is 0.258 e. The van der Waals surface area contributed by atoms with Crippen LogP contribution in [-0.2, 0) is 4.74 Å². The molecule has 3 nitrogen and oxygen atoms in total. The number of carbonyl (C=O) groups is 1. The van der Waals surface area contributed by atoms with Crippen LogP contribution in [0.3, 0.4) is 0 Å². The summed E-state index contributed by atoms with van der Waals surface area (Å²) in [4.78, 5) is 13.7. The highest BCUT2D eigenvalue weighted by Gasteiger charge is 2.26. The average molecular weight is 258 g/mol. The Morgan fingerprint density at radius 1 is 1.59 bits per heavy atom. The lowest BCUT2D eigenvalue weighted by Crippen LogP contribution is -2.44. The van der Waals surface area contributed by atoms with Crippen molar-refractivity contribution in [1.82, 2.24) is 4.90 Å². The summed E-state index contributed by atoms with van der Waals surface area (Å²) in [6.07, 6.45) is -0.0294. The first-order valence-corrected chi connectivity index (χ1v) is 5.82. The van der Waals surface area contributed by atoms with E-state index in [0.29, 0.717) is 19.7 Å². The highest BCUT2D eigenvalue weighted by molar-refractivity contribution is 6.33. The van der Waals surface area contributed by atoms with E-state index in [-0.39, 0.29) is 22.6 Å². The quantitative estimate of drug-likeness (QED) is 0.773. The summed E-state index contributed by atoms with van der Waals surface area (Å²) >= 11 is 5.86. The first-order chi connectivity index (χ1) is 8.09. The van der Waals surface area contributed by atoms with Gasteiger partial charge in [0.15, 0.2) is 0 Å². The smallest absolute Gasteiger partial charge is 0.258 e. The van der Waals surface area contributed by atoms with Gasteiger partial charge in [0.2, 0.25) is 0 Å². The molecule has 1 atom stereocenters. The Morgan fingerprint density at radius 3 is 3.00 bits per heavy atom. The Hall–Kier alpha value is -1.13. The van der Waals surface area contributed by atoms with Gasteiger partial charge >= 0.3 is 0 Å². The predicted octanol–water partition coefficient (Wildman–Crippen LogP) is 2.34. The van der Waals surface area contributed by atoms with Gasteiger partial charge in [-0.1, -0.05) is 17.7 Å². The monoisotopic (exact) mass is 257 g/mol. The summed E-state index contributed by atoms with van der Waals surface area (Å²) in [5.74, 6) is -0.954. The number of rotatable bonds is 1. The molecule has 0 bridgehead atoms. The molecule has 1 fully saturated rings. The maximum absolute atomic E-state index is 13.6. The number of morpholine rings is 1. The molecular formula is C12H13ClFNO2. The van der Waals surface area contributed by atoms with Crippen molar-refractivity contribution in [2.24, 2.45) is 0 Å². The molecule has 17 heavy (non-hydrogen) atoms. The molecule has 0 spiro atoms. The Morgan fingerprint density at radius 2 is 2.35 bits per heavy atom. The number of carbonyl (C=O) groups excluding carboxylic acids is 1. The molecule has 0 radical (unpaired) electrons. The standard InChI is InChI=1S/C12H13ClFNO2/c1-8-7-15(5-6-17-8)12(16)11-9(13)3-2-4-10(11)14/h2-4,8H,5-7H2,1H3/t8-/m1/s1. The molecule has 1 aromatic carbocycles. The van der Waals surface area contributed by atoms with Crippen molar-refractivity contribution in [2.75, 3.05) is 19.7 Å². The van der Waals surface area contributed by atoms with Crippen molar-refractivity contribution in [3.63, 3.8) is 0 Å². The minimum absolute atomic E-state index is 0.0294. The van der Waals surface area contributed by atoms with E-state index in [4.69, 9.17) is 16.3 Å². The number of hydrogen-bond acceptors (Lipinski definition) is 2. The Labute approximate surface area is 104 Å². The molecule has 0 unspecified atom stereocenters. The molecule has 5 heteroatoms. The van der Waals surface area contributed by atoms with Crippen LogP contribution >= 0.6 is 11.6 Å². The zero-order valence-electron chi connectivity index (χ0n) is 9.45. The lowest BCUT2D eigenvalue weighted by atomic mass is 10.1. The second-order valence-electron chi connectivity index (χ2n) is 4.03. The van der Waals surface area contributed by atoms with Crippen LogP contribution in [0.5, 0.6) is 0 Å². The van der Waals surface area contributed by atoms with Crippen LogP contribution in [0.2, 0.25) is 5.02 Å². The normalized spacial score (nSPS) is 20.4. The fourth-order valence-corrected chi connectivity index (χ4v) is 2.11. The van der Waals surface area contributed by atoms with E-state index in [9.17, 15) is 9.18 Å². The van der Waals surface area contributed by atoms with Gasteiger partial charge in [0.05, 0.1) is 23.3 Å². The largest absolute Gasteiger partial charge is 0.375 e. The fraction of sp³-hybridized carbons (Fsp3) is 0.417. The van der Waals surface area contributed by atoms with E-state index in [1.165, 1.54) is 18.2 Å². The second-order valence-corrected chi connectivity index (χ2v) is 4.44. The van der Waals surface area contributed by atoms with Gasteiger partial charge in [0.25, 0.3) is 5.91 Å². The van der Waals surface area contributed by atoms with Crippen LogP contribution in [0.15, 0.2) is 18.2 Å². The van der Waals surface area contributed by atoms with Gasteiger partial charge in [-0.05, 0) is 19.1 Å². The molecule has 2 rings (SSSR count). The van der Waals surface area contributed by atoms with E-state index >= 15 is 0 Å². The molecule has 1 heterocycles. The van der Waals surface area contributed by atoms with Crippen molar-refractivity contribution in [2.45, 2.75) is 13.0 Å². The van der Waals surface area contributed by atoms with Crippen LogP contribution in [0, 0.1) is 5.82 Å². The summed E-state index contributed by atoms with van der Waals surface area (Å²) in [6, 6.07) is 4.24. The van der Waals surface area contributed by atoms with Crippen LogP contribution in [0.4, 0.5) is 4.39 Å². The Kier molecular flexibility index (Phi) is 3.64. The van der Waals surface area contributed by atoms with E-state index < -0.39 is 5.82 Å². The molecule has 1 aliphatic rings. The third-order valence-corrected chi connectivity index (χ3v) is 3.02. The average Bonchev–Trinajstić information content (AvgIpc) is 2.28. The second kappa shape index (κ2) is 5.02. The van der Waals surface area contributed by atoms with E-state index in [1.807, 2.05) is 6.92 Å². The molecule has 0 N–H and O–H groups in total. The van der Waals surface area contributed by atoms with E-state index in [0.717, 1.165) is 0 Å². The number of ether oxygens (including phenoxy) is 1. The molecule has 0 saturated carbocycles. The summed E-state index contributed by atoms with van der Waals surface area (Å²) < 4.78 is 18.9. The third-order valence-electron chi connectivity index (χ3n) is 2.70. The highest BCUT2D eigenvalue weighted by Crippen LogP contribution is 2.21. The van der Waals surface area contributed by atoms with Gasteiger partial charge in [0, 0.05) is 13.1 Å². The third kappa shape index (κ3) is 2.58. The zero-order valence-corrected chi connectivity index (χ0v) is 10.2. The SMILES string of the molecule is C[C@@H]1CN(C(=O)c2c(F)cccc2Cl)CCO1. The van der Waals surface area contributed by atoms with E-state index in [2.05, 4.69) is 0 Å². The van der Waals surface area contributed by atoms with Crippen molar-refractivity contribution in [1.29, 1.82) is 0 Å². The molecule has 1 aliphatic heterocycles.